The Balaban J connectivity index is 2.33. The summed E-state index contributed by atoms with van der Waals surface area (Å²) < 4.78 is 28.2. The molecule has 0 fully saturated rings. The normalized spacial score (nSPS) is 12.3. The van der Waals surface area contributed by atoms with E-state index in [0.29, 0.717) is 11.6 Å². The molecule has 25 heavy (non-hydrogen) atoms. The molecule has 1 heterocycles. The molecule has 0 N–H and O–H groups in total. The lowest BCUT2D eigenvalue weighted by atomic mass is 9.97. The SMILES string of the molecule is CC(C)(C)CN(CCC#N)S(=O)(=O)c1csc(-c2ccc(Br)cc2)n1. The summed E-state index contributed by atoms with van der Waals surface area (Å²) in [6.45, 7) is 6.41. The summed E-state index contributed by atoms with van der Waals surface area (Å²) >= 11 is 4.68. The topological polar surface area (TPSA) is 74.1 Å². The maximum Gasteiger partial charge on any atom is 0.261 e. The highest BCUT2D eigenvalue weighted by molar-refractivity contribution is 9.10. The summed E-state index contributed by atoms with van der Waals surface area (Å²) in [6, 6.07) is 9.58. The number of aromatic nitrogens is 1. The maximum absolute atomic E-state index is 13.0. The first kappa shape index (κ1) is 20.0. The molecule has 0 saturated heterocycles. The monoisotopic (exact) mass is 441 g/mol. The Kier molecular flexibility index (Phi) is 6.38. The van der Waals surface area contributed by atoms with Crippen LogP contribution in [0.1, 0.15) is 27.2 Å². The number of nitriles is 1. The summed E-state index contributed by atoms with van der Waals surface area (Å²) in [6.07, 6.45) is 0.152. The van der Waals surface area contributed by atoms with Gasteiger partial charge in [0.1, 0.15) is 5.01 Å². The van der Waals surface area contributed by atoms with Crippen LogP contribution in [0.25, 0.3) is 10.6 Å². The van der Waals surface area contributed by atoms with Crippen molar-refractivity contribution in [2.24, 2.45) is 5.41 Å². The van der Waals surface area contributed by atoms with Gasteiger partial charge in [-0.2, -0.15) is 9.57 Å². The zero-order valence-electron chi connectivity index (χ0n) is 14.4. The number of hydrogen-bond acceptors (Lipinski definition) is 5. The molecule has 0 bridgehead atoms. The summed E-state index contributed by atoms with van der Waals surface area (Å²) in [5, 5.41) is 11.1. The van der Waals surface area contributed by atoms with E-state index in [4.69, 9.17) is 5.26 Å². The highest BCUT2D eigenvalue weighted by Crippen LogP contribution is 2.29. The fraction of sp³-hybridized carbons (Fsp3) is 0.412. The van der Waals surface area contributed by atoms with Gasteiger partial charge in [-0.3, -0.25) is 0 Å². The Morgan fingerprint density at radius 2 is 1.92 bits per heavy atom. The van der Waals surface area contributed by atoms with E-state index in [9.17, 15) is 8.42 Å². The Hall–Kier alpha value is -1.27. The first-order chi connectivity index (χ1) is 11.6. The molecule has 0 atom stereocenters. The van der Waals surface area contributed by atoms with Crippen LogP contribution in [0.4, 0.5) is 0 Å². The van der Waals surface area contributed by atoms with Gasteiger partial charge >= 0.3 is 0 Å². The predicted molar refractivity (Wildman–Crippen MR) is 104 cm³/mol. The molecule has 0 aliphatic heterocycles. The van der Waals surface area contributed by atoms with E-state index in [1.165, 1.54) is 15.6 Å². The second kappa shape index (κ2) is 7.96. The lowest BCUT2D eigenvalue weighted by molar-refractivity contribution is 0.284. The molecular weight excluding hydrogens is 422 g/mol. The van der Waals surface area contributed by atoms with Gasteiger partial charge in [-0.1, -0.05) is 48.8 Å². The van der Waals surface area contributed by atoms with Gasteiger partial charge in [-0.25, -0.2) is 13.4 Å². The Bertz CT molecular complexity index is 863. The van der Waals surface area contributed by atoms with Crippen LogP contribution in [0.3, 0.4) is 0 Å². The molecule has 0 aliphatic rings. The molecule has 0 spiro atoms. The number of hydrogen-bond donors (Lipinski definition) is 0. The standard InChI is InChI=1S/C17H20BrN3O2S2/c1-17(2,3)12-21(10-4-9-19)25(22,23)15-11-24-16(20-15)13-5-7-14(18)8-6-13/h5-8,11H,4,10,12H2,1-3H3. The third kappa shape index (κ3) is 5.35. The maximum atomic E-state index is 13.0. The lowest BCUT2D eigenvalue weighted by Gasteiger charge is -2.28. The first-order valence-electron chi connectivity index (χ1n) is 7.72. The van der Waals surface area contributed by atoms with E-state index < -0.39 is 10.0 Å². The molecule has 5 nitrogen and oxygen atoms in total. The molecular formula is C17H20BrN3O2S2. The third-order valence-electron chi connectivity index (χ3n) is 3.30. The second-order valence-electron chi connectivity index (χ2n) is 6.81. The van der Waals surface area contributed by atoms with Crippen molar-refractivity contribution in [1.82, 2.24) is 9.29 Å². The van der Waals surface area contributed by atoms with Gasteiger partial charge in [-0.15, -0.1) is 11.3 Å². The minimum Gasteiger partial charge on any atom is -0.223 e. The molecule has 0 unspecified atom stereocenters. The predicted octanol–water partition coefficient (Wildman–Crippen LogP) is 4.52. The third-order valence-corrected chi connectivity index (χ3v) is 6.60. The van der Waals surface area contributed by atoms with Crippen LogP contribution < -0.4 is 0 Å². The molecule has 0 saturated carbocycles. The number of benzene rings is 1. The Morgan fingerprint density at radius 3 is 2.48 bits per heavy atom. The number of nitrogens with zero attached hydrogens (tertiary/aromatic N) is 3. The zero-order chi connectivity index (χ0) is 18.7. The fourth-order valence-electron chi connectivity index (χ4n) is 2.22. The van der Waals surface area contributed by atoms with Gasteiger partial charge in [0.25, 0.3) is 10.0 Å². The average molecular weight is 442 g/mol. The lowest BCUT2D eigenvalue weighted by Crippen LogP contribution is -2.38. The molecule has 134 valence electrons. The molecule has 8 heteroatoms. The largest absolute Gasteiger partial charge is 0.261 e. The van der Waals surface area contributed by atoms with Crippen molar-refractivity contribution in [1.29, 1.82) is 5.26 Å². The van der Waals surface area contributed by atoms with Crippen molar-refractivity contribution in [2.45, 2.75) is 32.2 Å². The van der Waals surface area contributed by atoms with Gasteiger partial charge in [-0.05, 0) is 17.5 Å². The van der Waals surface area contributed by atoms with Crippen molar-refractivity contribution < 1.29 is 8.42 Å². The number of sulfonamides is 1. The van der Waals surface area contributed by atoms with Crippen LogP contribution in [-0.2, 0) is 10.0 Å². The van der Waals surface area contributed by atoms with Crippen LogP contribution in [0, 0.1) is 16.7 Å². The van der Waals surface area contributed by atoms with Crippen LogP contribution in [0.2, 0.25) is 0 Å². The quantitative estimate of drug-likeness (QED) is 0.659. The first-order valence-corrected chi connectivity index (χ1v) is 10.8. The summed E-state index contributed by atoms with van der Waals surface area (Å²) in [7, 11) is -3.73. The van der Waals surface area contributed by atoms with Crippen LogP contribution in [-0.4, -0.2) is 30.8 Å². The van der Waals surface area contributed by atoms with Crippen molar-refractivity contribution >= 4 is 37.3 Å². The van der Waals surface area contributed by atoms with Crippen molar-refractivity contribution in [3.63, 3.8) is 0 Å². The van der Waals surface area contributed by atoms with Crippen LogP contribution in [0.5, 0.6) is 0 Å². The smallest absolute Gasteiger partial charge is 0.223 e. The summed E-state index contributed by atoms with van der Waals surface area (Å²) in [5.74, 6) is 0. The summed E-state index contributed by atoms with van der Waals surface area (Å²) in [4.78, 5) is 4.33. The zero-order valence-corrected chi connectivity index (χ0v) is 17.6. The van der Waals surface area contributed by atoms with Crippen molar-refractivity contribution in [3.05, 3.63) is 34.1 Å². The van der Waals surface area contributed by atoms with Gasteiger partial charge in [0.2, 0.25) is 0 Å². The van der Waals surface area contributed by atoms with E-state index in [2.05, 4.69) is 20.9 Å². The summed E-state index contributed by atoms with van der Waals surface area (Å²) in [5.41, 5.74) is 0.654. The van der Waals surface area contributed by atoms with E-state index in [1.807, 2.05) is 51.1 Å². The van der Waals surface area contributed by atoms with Gasteiger partial charge in [0.15, 0.2) is 5.03 Å². The highest BCUT2D eigenvalue weighted by atomic mass is 79.9. The van der Waals surface area contributed by atoms with Crippen LogP contribution in [0.15, 0.2) is 39.1 Å². The van der Waals surface area contributed by atoms with Crippen LogP contribution >= 0.6 is 27.3 Å². The molecule has 0 radical (unpaired) electrons. The number of rotatable bonds is 6. The fourth-order valence-corrected chi connectivity index (χ4v) is 5.22. The molecule has 2 rings (SSSR count). The number of thiazole rings is 1. The number of halogens is 1. The van der Waals surface area contributed by atoms with Crippen molar-refractivity contribution in [2.75, 3.05) is 13.1 Å². The molecule has 2 aromatic rings. The van der Waals surface area contributed by atoms with Gasteiger partial charge in [0, 0.05) is 34.9 Å². The second-order valence-corrected chi connectivity index (χ2v) is 10.5. The Morgan fingerprint density at radius 1 is 1.28 bits per heavy atom. The van der Waals surface area contributed by atoms with Gasteiger partial charge in [0.05, 0.1) is 6.07 Å². The average Bonchev–Trinajstić information content (AvgIpc) is 3.01. The van der Waals surface area contributed by atoms with Gasteiger partial charge < -0.3 is 0 Å². The van der Waals surface area contributed by atoms with E-state index in [0.717, 1.165) is 10.0 Å². The highest BCUT2D eigenvalue weighted by Gasteiger charge is 2.30. The Labute approximate surface area is 161 Å². The molecule has 1 aromatic carbocycles. The molecule has 0 aliphatic carbocycles. The van der Waals surface area contributed by atoms with E-state index in [1.54, 1.807) is 5.38 Å². The molecule has 1 aromatic heterocycles. The van der Waals surface area contributed by atoms with E-state index in [-0.39, 0.29) is 23.4 Å². The van der Waals surface area contributed by atoms with Crippen molar-refractivity contribution in [3.8, 4) is 16.6 Å². The molecule has 0 amide bonds. The minimum absolute atomic E-state index is 0.0395. The minimum atomic E-state index is -3.73. The van der Waals surface area contributed by atoms with E-state index >= 15 is 0 Å².